The van der Waals surface area contributed by atoms with Gasteiger partial charge in [0.15, 0.2) is 6.10 Å². The summed E-state index contributed by atoms with van der Waals surface area (Å²) >= 11 is 8.84. The predicted octanol–water partition coefficient (Wildman–Crippen LogP) is 4.40. The lowest BCUT2D eigenvalue weighted by atomic mass is 10.1. The molecular weight excluding hydrogens is 342 g/mol. The van der Waals surface area contributed by atoms with E-state index in [4.69, 9.17) is 16.7 Å². The average molecular weight is 346 g/mol. The average Bonchev–Trinajstić information content (AvgIpc) is 2.43. The zero-order chi connectivity index (χ0) is 12.7. The summed E-state index contributed by atoms with van der Waals surface area (Å²) in [5.41, 5.74) is 0. The Bertz CT molecular complexity index is 371. The van der Waals surface area contributed by atoms with Gasteiger partial charge >= 0.3 is 12.1 Å². The minimum absolute atomic E-state index is 0.0305. The van der Waals surface area contributed by atoms with Crippen LogP contribution in [0.5, 0.6) is 0 Å². The van der Waals surface area contributed by atoms with Gasteiger partial charge < -0.3 is 5.11 Å². The van der Waals surface area contributed by atoms with Crippen LogP contribution >= 0.6 is 38.9 Å². The van der Waals surface area contributed by atoms with Crippen molar-refractivity contribution in [3.05, 3.63) is 19.8 Å². The van der Waals surface area contributed by atoms with Crippen molar-refractivity contribution in [2.45, 2.75) is 18.2 Å². The number of thiophene rings is 1. The second kappa shape index (κ2) is 4.40. The zero-order valence-electron chi connectivity index (χ0n) is 7.16. The van der Waals surface area contributed by atoms with Crippen LogP contribution < -0.4 is 0 Å². The van der Waals surface area contributed by atoms with E-state index in [0.29, 0.717) is 11.3 Å². The van der Waals surface area contributed by atoms with E-state index in [-0.39, 0.29) is 8.81 Å². The monoisotopic (exact) mass is 344 g/mol. The van der Waals surface area contributed by atoms with Crippen molar-refractivity contribution in [1.29, 1.82) is 0 Å². The molecule has 0 aliphatic rings. The molecule has 1 unspecified atom stereocenters. The molecule has 0 saturated heterocycles. The number of halogens is 7. The van der Waals surface area contributed by atoms with Crippen LogP contribution in [0.3, 0.4) is 0 Å². The Balaban J connectivity index is 3.07. The van der Waals surface area contributed by atoms with E-state index >= 15 is 0 Å². The summed E-state index contributed by atoms with van der Waals surface area (Å²) < 4.78 is 61.4. The molecule has 1 heterocycles. The van der Waals surface area contributed by atoms with Gasteiger partial charge in [0.05, 0.1) is 8.81 Å². The molecule has 1 aromatic heterocycles. The molecule has 0 radical (unpaired) electrons. The van der Waals surface area contributed by atoms with Gasteiger partial charge in [0.1, 0.15) is 0 Å². The van der Waals surface area contributed by atoms with E-state index < -0.39 is 23.1 Å². The minimum Gasteiger partial charge on any atom is -0.381 e. The smallest absolute Gasteiger partial charge is 0.381 e. The third kappa shape index (κ3) is 2.49. The molecule has 1 nitrogen and oxygen atoms in total. The van der Waals surface area contributed by atoms with Gasteiger partial charge in [-0.15, -0.1) is 11.3 Å². The molecule has 1 N–H and O–H groups in total. The van der Waals surface area contributed by atoms with Gasteiger partial charge in [0.25, 0.3) is 0 Å². The van der Waals surface area contributed by atoms with Gasteiger partial charge in [-0.2, -0.15) is 22.0 Å². The van der Waals surface area contributed by atoms with Crippen LogP contribution in [0.2, 0.25) is 5.02 Å². The molecular formula is C7H3BrClF5OS. The molecule has 1 atom stereocenters. The number of aliphatic hydroxyl groups excluding tert-OH is 1. The van der Waals surface area contributed by atoms with Crippen molar-refractivity contribution in [2.24, 2.45) is 0 Å². The maximum absolute atomic E-state index is 12.7. The van der Waals surface area contributed by atoms with Crippen molar-refractivity contribution in [3.63, 3.8) is 0 Å². The molecule has 0 aromatic carbocycles. The first-order valence-electron chi connectivity index (χ1n) is 3.64. The van der Waals surface area contributed by atoms with Crippen molar-refractivity contribution >= 4 is 38.9 Å². The van der Waals surface area contributed by atoms with Crippen LogP contribution in [0.4, 0.5) is 22.0 Å². The zero-order valence-corrected chi connectivity index (χ0v) is 10.3. The molecule has 1 rings (SSSR count). The van der Waals surface area contributed by atoms with Gasteiger partial charge in [-0.1, -0.05) is 11.6 Å². The Labute approximate surface area is 104 Å². The normalized spacial score (nSPS) is 15.2. The van der Waals surface area contributed by atoms with Crippen molar-refractivity contribution in [2.75, 3.05) is 0 Å². The summed E-state index contributed by atoms with van der Waals surface area (Å²) in [6, 6.07) is 0.862. The molecule has 0 amide bonds. The summed E-state index contributed by atoms with van der Waals surface area (Å²) in [7, 11) is 0. The molecule has 92 valence electrons. The van der Waals surface area contributed by atoms with Crippen LogP contribution in [0.15, 0.2) is 9.85 Å². The highest BCUT2D eigenvalue weighted by Gasteiger charge is 2.63. The van der Waals surface area contributed by atoms with E-state index in [1.807, 2.05) is 0 Å². The molecule has 9 heteroatoms. The Morgan fingerprint density at radius 3 is 2.12 bits per heavy atom. The number of rotatable bonds is 2. The second-order valence-electron chi connectivity index (χ2n) is 2.79. The number of aliphatic hydroxyl groups is 1. The molecule has 16 heavy (non-hydrogen) atoms. The molecule has 0 aliphatic heterocycles. The lowest BCUT2D eigenvalue weighted by molar-refractivity contribution is -0.314. The fourth-order valence-corrected chi connectivity index (χ4v) is 2.60. The molecule has 0 fully saturated rings. The first-order chi connectivity index (χ1) is 7.07. The number of hydrogen-bond donors (Lipinski definition) is 1. The maximum Gasteiger partial charge on any atom is 0.456 e. The van der Waals surface area contributed by atoms with Crippen LogP contribution in [-0.2, 0) is 0 Å². The topological polar surface area (TPSA) is 20.2 Å². The van der Waals surface area contributed by atoms with Crippen LogP contribution in [0.1, 0.15) is 11.0 Å². The van der Waals surface area contributed by atoms with Crippen molar-refractivity contribution in [3.8, 4) is 0 Å². The first kappa shape index (κ1) is 14.1. The number of alkyl halides is 5. The van der Waals surface area contributed by atoms with Gasteiger partial charge in [0.2, 0.25) is 0 Å². The van der Waals surface area contributed by atoms with Gasteiger partial charge in [-0.25, -0.2) is 0 Å². The lowest BCUT2D eigenvalue weighted by Crippen LogP contribution is -2.41. The Morgan fingerprint density at radius 2 is 1.81 bits per heavy atom. The Hall–Kier alpha value is 0.0800. The van der Waals surface area contributed by atoms with Gasteiger partial charge in [0, 0.05) is 4.88 Å². The largest absolute Gasteiger partial charge is 0.456 e. The summed E-state index contributed by atoms with van der Waals surface area (Å²) in [5, 5.41) is 8.95. The van der Waals surface area contributed by atoms with Crippen molar-refractivity contribution < 1.29 is 27.1 Å². The summed E-state index contributed by atoms with van der Waals surface area (Å²) in [4.78, 5) is -0.556. The van der Waals surface area contributed by atoms with Gasteiger partial charge in [-0.3, -0.25) is 0 Å². The first-order valence-corrected chi connectivity index (χ1v) is 5.63. The van der Waals surface area contributed by atoms with Crippen LogP contribution in [0.25, 0.3) is 0 Å². The molecule has 0 saturated carbocycles. The molecule has 0 aliphatic carbocycles. The Kier molecular flexibility index (Phi) is 3.88. The minimum atomic E-state index is -5.81. The van der Waals surface area contributed by atoms with E-state index in [0.717, 1.165) is 6.07 Å². The summed E-state index contributed by atoms with van der Waals surface area (Å²) in [6.07, 6.45) is -8.77. The van der Waals surface area contributed by atoms with E-state index in [1.165, 1.54) is 0 Å². The second-order valence-corrected chi connectivity index (χ2v) is 5.60. The Morgan fingerprint density at radius 1 is 1.31 bits per heavy atom. The third-order valence-corrected chi connectivity index (χ3v) is 4.18. The SMILES string of the molecule is OC(c1cc(Cl)c(Br)s1)C(F)(F)C(F)(F)F. The molecule has 1 aromatic rings. The van der Waals surface area contributed by atoms with E-state index in [2.05, 4.69) is 15.9 Å². The third-order valence-electron chi connectivity index (χ3n) is 1.66. The molecule has 0 bridgehead atoms. The lowest BCUT2D eigenvalue weighted by Gasteiger charge is -2.23. The quantitative estimate of drug-likeness (QED) is 0.788. The fourth-order valence-electron chi connectivity index (χ4n) is 0.832. The van der Waals surface area contributed by atoms with Gasteiger partial charge in [-0.05, 0) is 22.0 Å². The van der Waals surface area contributed by atoms with E-state index in [1.54, 1.807) is 0 Å². The summed E-state index contributed by atoms with van der Waals surface area (Å²) in [6.45, 7) is 0. The number of hydrogen-bond acceptors (Lipinski definition) is 2. The van der Waals surface area contributed by atoms with E-state index in [9.17, 15) is 22.0 Å². The highest BCUT2D eigenvalue weighted by Crippen LogP contribution is 2.47. The standard InChI is InChI=1S/C7H3BrClF5OS/c8-5-2(9)1-3(16-5)4(15)6(10,11)7(12,13)14/h1,4,15H. The highest BCUT2D eigenvalue weighted by atomic mass is 79.9. The van der Waals surface area contributed by atoms with Crippen molar-refractivity contribution in [1.82, 2.24) is 0 Å². The predicted molar refractivity (Wildman–Crippen MR) is 53.0 cm³/mol. The maximum atomic E-state index is 12.7. The molecule has 0 spiro atoms. The fraction of sp³-hybridized carbons (Fsp3) is 0.429. The van der Waals surface area contributed by atoms with Crippen LogP contribution in [0, 0.1) is 0 Å². The highest BCUT2D eigenvalue weighted by molar-refractivity contribution is 9.11. The van der Waals surface area contributed by atoms with Crippen LogP contribution in [-0.4, -0.2) is 17.2 Å². The summed E-state index contributed by atoms with van der Waals surface area (Å²) in [5.74, 6) is -5.21.